The standard InChI is InChI=1S/C17H21F2NO2/c1-12-2-7-14(8-3-12)20-16(21)11-6-13-4-9-15(10-5-13)22-17(18)19/h4-6,9-12,14,17H,2-3,7-8H2,1H3,(H,20,21)/b11-6+. The van der Waals surface area contributed by atoms with E-state index in [1.54, 1.807) is 18.2 Å². The van der Waals surface area contributed by atoms with Gasteiger partial charge in [0.15, 0.2) is 0 Å². The van der Waals surface area contributed by atoms with Gasteiger partial charge in [-0.2, -0.15) is 8.78 Å². The second-order valence-electron chi connectivity index (χ2n) is 5.75. The summed E-state index contributed by atoms with van der Waals surface area (Å²) in [5, 5.41) is 3.00. The molecule has 0 bridgehead atoms. The van der Waals surface area contributed by atoms with E-state index in [0.717, 1.165) is 37.2 Å². The van der Waals surface area contributed by atoms with Crippen molar-refractivity contribution >= 4 is 12.0 Å². The second kappa shape index (κ2) is 7.92. The van der Waals surface area contributed by atoms with E-state index in [4.69, 9.17) is 0 Å². The summed E-state index contributed by atoms with van der Waals surface area (Å²) in [7, 11) is 0. The van der Waals surface area contributed by atoms with E-state index in [1.807, 2.05) is 0 Å². The zero-order valence-corrected chi connectivity index (χ0v) is 12.6. The zero-order valence-electron chi connectivity index (χ0n) is 12.6. The lowest BCUT2D eigenvalue weighted by molar-refractivity contribution is -0.117. The van der Waals surface area contributed by atoms with Crippen LogP contribution in [0.4, 0.5) is 8.78 Å². The van der Waals surface area contributed by atoms with Crippen molar-refractivity contribution in [3.8, 4) is 5.75 Å². The number of hydrogen-bond donors (Lipinski definition) is 1. The van der Waals surface area contributed by atoms with Gasteiger partial charge in [0.25, 0.3) is 0 Å². The van der Waals surface area contributed by atoms with Crippen molar-refractivity contribution in [3.63, 3.8) is 0 Å². The quantitative estimate of drug-likeness (QED) is 0.835. The molecule has 0 saturated heterocycles. The summed E-state index contributed by atoms with van der Waals surface area (Å²) in [5.74, 6) is 0.734. The average Bonchev–Trinajstić information content (AvgIpc) is 2.48. The minimum absolute atomic E-state index is 0.105. The molecule has 1 aromatic carbocycles. The number of nitrogens with one attached hydrogen (secondary N) is 1. The first-order valence-corrected chi connectivity index (χ1v) is 7.56. The molecule has 0 radical (unpaired) electrons. The van der Waals surface area contributed by atoms with E-state index in [9.17, 15) is 13.6 Å². The predicted octanol–water partition coefficient (Wildman–Crippen LogP) is 4.00. The average molecular weight is 309 g/mol. The number of carbonyl (C=O) groups excluding carboxylic acids is 1. The molecule has 120 valence electrons. The van der Waals surface area contributed by atoms with Crippen LogP contribution >= 0.6 is 0 Å². The summed E-state index contributed by atoms with van der Waals surface area (Å²) in [6.07, 6.45) is 7.50. The highest BCUT2D eigenvalue weighted by molar-refractivity contribution is 5.91. The maximum absolute atomic E-state index is 12.0. The van der Waals surface area contributed by atoms with Crippen LogP contribution in [0.3, 0.4) is 0 Å². The van der Waals surface area contributed by atoms with Gasteiger partial charge in [0, 0.05) is 12.1 Å². The molecule has 1 N–H and O–H groups in total. The number of alkyl halides is 2. The topological polar surface area (TPSA) is 38.3 Å². The number of amides is 1. The number of benzene rings is 1. The van der Waals surface area contributed by atoms with Crippen LogP contribution in [-0.4, -0.2) is 18.6 Å². The fourth-order valence-corrected chi connectivity index (χ4v) is 2.59. The fourth-order valence-electron chi connectivity index (χ4n) is 2.59. The second-order valence-corrected chi connectivity index (χ2v) is 5.75. The highest BCUT2D eigenvalue weighted by Crippen LogP contribution is 2.23. The molecule has 0 heterocycles. The molecule has 0 atom stereocenters. The van der Waals surface area contributed by atoms with Crippen LogP contribution in [0.1, 0.15) is 38.2 Å². The van der Waals surface area contributed by atoms with Gasteiger partial charge in [-0.3, -0.25) is 4.79 Å². The number of hydrogen-bond acceptors (Lipinski definition) is 2. The molecule has 1 aliphatic carbocycles. The van der Waals surface area contributed by atoms with Crippen molar-refractivity contribution in [1.82, 2.24) is 5.32 Å². The Hall–Kier alpha value is -1.91. The van der Waals surface area contributed by atoms with Crippen LogP contribution in [0.25, 0.3) is 6.08 Å². The first-order valence-electron chi connectivity index (χ1n) is 7.56. The van der Waals surface area contributed by atoms with Gasteiger partial charge in [-0.15, -0.1) is 0 Å². The first kappa shape index (κ1) is 16.5. The van der Waals surface area contributed by atoms with E-state index in [0.29, 0.717) is 0 Å². The molecular weight excluding hydrogens is 288 g/mol. The van der Waals surface area contributed by atoms with Gasteiger partial charge in [-0.1, -0.05) is 19.1 Å². The van der Waals surface area contributed by atoms with Gasteiger partial charge < -0.3 is 10.1 Å². The molecule has 0 spiro atoms. The van der Waals surface area contributed by atoms with Crippen molar-refractivity contribution in [3.05, 3.63) is 35.9 Å². The molecule has 3 nitrogen and oxygen atoms in total. The Balaban J connectivity index is 1.81. The molecular formula is C17H21F2NO2. The van der Waals surface area contributed by atoms with Crippen LogP contribution in [0.15, 0.2) is 30.3 Å². The minimum atomic E-state index is -2.83. The molecule has 0 aliphatic heterocycles. The minimum Gasteiger partial charge on any atom is -0.435 e. The zero-order chi connectivity index (χ0) is 15.9. The Morgan fingerprint density at radius 2 is 1.86 bits per heavy atom. The van der Waals surface area contributed by atoms with Crippen LogP contribution < -0.4 is 10.1 Å². The van der Waals surface area contributed by atoms with Gasteiger partial charge >= 0.3 is 6.61 Å². The summed E-state index contributed by atoms with van der Waals surface area (Å²) >= 11 is 0. The third kappa shape index (κ3) is 5.47. The summed E-state index contributed by atoms with van der Waals surface area (Å²) in [5.41, 5.74) is 0.758. The highest BCUT2D eigenvalue weighted by atomic mass is 19.3. The largest absolute Gasteiger partial charge is 0.435 e. The van der Waals surface area contributed by atoms with E-state index < -0.39 is 6.61 Å². The van der Waals surface area contributed by atoms with E-state index in [2.05, 4.69) is 17.0 Å². The van der Waals surface area contributed by atoms with Gasteiger partial charge in [-0.25, -0.2) is 0 Å². The molecule has 22 heavy (non-hydrogen) atoms. The number of carbonyl (C=O) groups is 1. The van der Waals surface area contributed by atoms with E-state index in [-0.39, 0.29) is 17.7 Å². The number of ether oxygens (including phenoxy) is 1. The molecule has 0 unspecified atom stereocenters. The lowest BCUT2D eigenvalue weighted by atomic mass is 9.87. The number of rotatable bonds is 5. The van der Waals surface area contributed by atoms with Crippen molar-refractivity contribution in [2.75, 3.05) is 0 Å². The Morgan fingerprint density at radius 3 is 2.45 bits per heavy atom. The van der Waals surface area contributed by atoms with E-state index in [1.165, 1.54) is 18.2 Å². The van der Waals surface area contributed by atoms with Crippen molar-refractivity contribution in [2.45, 2.75) is 45.3 Å². The Kier molecular flexibility index (Phi) is 5.92. The Bertz CT molecular complexity index is 506. The van der Waals surface area contributed by atoms with Gasteiger partial charge in [0.05, 0.1) is 0 Å². The summed E-state index contributed by atoms with van der Waals surface area (Å²) in [4.78, 5) is 11.9. The van der Waals surface area contributed by atoms with Crippen LogP contribution in [-0.2, 0) is 4.79 Å². The first-order chi connectivity index (χ1) is 10.5. The van der Waals surface area contributed by atoms with Gasteiger partial charge in [0.1, 0.15) is 5.75 Å². The summed E-state index contributed by atoms with van der Waals surface area (Å²) in [6, 6.07) is 6.42. The fraction of sp³-hybridized carbons (Fsp3) is 0.471. The molecule has 1 amide bonds. The van der Waals surface area contributed by atoms with Crippen molar-refractivity contribution in [1.29, 1.82) is 0 Å². The predicted molar refractivity (Wildman–Crippen MR) is 81.7 cm³/mol. The van der Waals surface area contributed by atoms with Gasteiger partial charge in [-0.05, 0) is 55.4 Å². The monoisotopic (exact) mass is 309 g/mol. The van der Waals surface area contributed by atoms with Crippen LogP contribution in [0.2, 0.25) is 0 Å². The van der Waals surface area contributed by atoms with Crippen molar-refractivity contribution in [2.24, 2.45) is 5.92 Å². The van der Waals surface area contributed by atoms with Crippen LogP contribution in [0.5, 0.6) is 5.75 Å². The third-order valence-electron chi connectivity index (χ3n) is 3.89. The molecule has 5 heteroatoms. The lowest BCUT2D eigenvalue weighted by Crippen LogP contribution is -2.36. The van der Waals surface area contributed by atoms with Crippen molar-refractivity contribution < 1.29 is 18.3 Å². The smallest absolute Gasteiger partial charge is 0.387 e. The third-order valence-corrected chi connectivity index (χ3v) is 3.89. The molecule has 0 aromatic heterocycles. The van der Waals surface area contributed by atoms with E-state index >= 15 is 0 Å². The maximum Gasteiger partial charge on any atom is 0.387 e. The normalized spacial score (nSPS) is 22.0. The van der Waals surface area contributed by atoms with Gasteiger partial charge in [0.2, 0.25) is 5.91 Å². The molecule has 1 aromatic rings. The Morgan fingerprint density at radius 1 is 1.23 bits per heavy atom. The van der Waals surface area contributed by atoms with Crippen LogP contribution in [0, 0.1) is 5.92 Å². The number of halogens is 2. The lowest BCUT2D eigenvalue weighted by Gasteiger charge is -2.26. The molecule has 1 fully saturated rings. The molecule has 2 rings (SSSR count). The highest BCUT2D eigenvalue weighted by Gasteiger charge is 2.18. The molecule has 1 aliphatic rings. The Labute approximate surface area is 129 Å². The molecule has 1 saturated carbocycles. The summed E-state index contributed by atoms with van der Waals surface area (Å²) in [6.45, 7) is -0.593. The SMILES string of the molecule is CC1CCC(NC(=O)/C=C/c2ccc(OC(F)F)cc2)CC1. The maximum atomic E-state index is 12.0. The summed E-state index contributed by atoms with van der Waals surface area (Å²) < 4.78 is 28.3.